The standard InChI is InChI=1S/C25H25NO3/c1-28-19-29-25-14-10-23(11-15-25)22-8-4-20(5-9-22)3-2-17-26-18-16-21-6-12-24(27)13-7-21/h4-15,26-27H,16-19H2,1H3. The monoisotopic (exact) mass is 387 g/mol. The van der Waals surface area contributed by atoms with Gasteiger partial charge in [0.1, 0.15) is 11.5 Å². The number of hydrogen-bond acceptors (Lipinski definition) is 4. The molecule has 0 radical (unpaired) electrons. The van der Waals surface area contributed by atoms with E-state index in [0.29, 0.717) is 12.3 Å². The smallest absolute Gasteiger partial charge is 0.188 e. The van der Waals surface area contributed by atoms with Crippen LogP contribution in [-0.2, 0) is 11.2 Å². The van der Waals surface area contributed by atoms with E-state index in [9.17, 15) is 5.11 Å². The second kappa shape index (κ2) is 10.9. The lowest BCUT2D eigenvalue weighted by Gasteiger charge is -2.06. The van der Waals surface area contributed by atoms with E-state index in [-0.39, 0.29) is 6.79 Å². The molecule has 0 heterocycles. The molecule has 0 aliphatic rings. The summed E-state index contributed by atoms with van der Waals surface area (Å²) in [6.45, 7) is 1.74. The van der Waals surface area contributed by atoms with Crippen LogP contribution in [0.15, 0.2) is 72.8 Å². The third kappa shape index (κ3) is 6.69. The lowest BCUT2D eigenvalue weighted by molar-refractivity contribution is 0.0511. The van der Waals surface area contributed by atoms with Crippen molar-refractivity contribution in [2.45, 2.75) is 6.42 Å². The number of ether oxygens (including phenoxy) is 2. The first-order valence-corrected chi connectivity index (χ1v) is 9.54. The van der Waals surface area contributed by atoms with Crippen LogP contribution >= 0.6 is 0 Å². The summed E-state index contributed by atoms with van der Waals surface area (Å²) < 4.78 is 10.3. The topological polar surface area (TPSA) is 50.7 Å². The molecule has 0 aliphatic carbocycles. The highest BCUT2D eigenvalue weighted by Crippen LogP contribution is 2.22. The molecule has 0 saturated carbocycles. The van der Waals surface area contributed by atoms with Crippen molar-refractivity contribution < 1.29 is 14.6 Å². The van der Waals surface area contributed by atoms with Crippen molar-refractivity contribution in [3.63, 3.8) is 0 Å². The largest absolute Gasteiger partial charge is 0.508 e. The summed E-state index contributed by atoms with van der Waals surface area (Å²) in [6, 6.07) is 23.5. The van der Waals surface area contributed by atoms with E-state index in [0.717, 1.165) is 35.4 Å². The number of hydrogen-bond donors (Lipinski definition) is 2. The first-order valence-electron chi connectivity index (χ1n) is 9.54. The van der Waals surface area contributed by atoms with E-state index >= 15 is 0 Å². The maximum absolute atomic E-state index is 9.28. The number of aromatic hydroxyl groups is 1. The van der Waals surface area contributed by atoms with Gasteiger partial charge in [-0.05, 0) is 59.5 Å². The van der Waals surface area contributed by atoms with Crippen molar-refractivity contribution in [3.8, 4) is 34.5 Å². The van der Waals surface area contributed by atoms with Gasteiger partial charge in [-0.3, -0.25) is 0 Å². The van der Waals surface area contributed by atoms with Crippen molar-refractivity contribution >= 4 is 0 Å². The molecular formula is C25H25NO3. The number of benzene rings is 3. The summed E-state index contributed by atoms with van der Waals surface area (Å²) in [5.74, 6) is 7.42. The molecule has 2 N–H and O–H groups in total. The molecule has 0 atom stereocenters. The average molecular weight is 387 g/mol. The van der Waals surface area contributed by atoms with Crippen molar-refractivity contribution in [2.24, 2.45) is 0 Å². The molecule has 148 valence electrons. The molecule has 0 saturated heterocycles. The predicted octanol–water partition coefficient (Wildman–Crippen LogP) is 4.23. The minimum Gasteiger partial charge on any atom is -0.508 e. The van der Waals surface area contributed by atoms with Crippen LogP contribution < -0.4 is 10.1 Å². The van der Waals surface area contributed by atoms with Crippen LogP contribution in [0, 0.1) is 11.8 Å². The van der Waals surface area contributed by atoms with Crippen LogP contribution in [0.5, 0.6) is 11.5 Å². The van der Waals surface area contributed by atoms with Gasteiger partial charge in [0.15, 0.2) is 6.79 Å². The van der Waals surface area contributed by atoms with Gasteiger partial charge >= 0.3 is 0 Å². The maximum atomic E-state index is 9.28. The highest BCUT2D eigenvalue weighted by molar-refractivity contribution is 5.65. The predicted molar refractivity (Wildman–Crippen MR) is 116 cm³/mol. The number of phenols is 1. The summed E-state index contributed by atoms with van der Waals surface area (Å²) in [7, 11) is 1.60. The van der Waals surface area contributed by atoms with Gasteiger partial charge in [0.2, 0.25) is 0 Å². The quantitative estimate of drug-likeness (QED) is 0.345. The number of phenolic OH excluding ortho intramolecular Hbond substituents is 1. The van der Waals surface area contributed by atoms with Crippen molar-refractivity contribution in [1.29, 1.82) is 0 Å². The van der Waals surface area contributed by atoms with Crippen LogP contribution in [-0.4, -0.2) is 32.1 Å². The second-order valence-corrected chi connectivity index (χ2v) is 6.55. The fourth-order valence-electron chi connectivity index (χ4n) is 2.81. The van der Waals surface area contributed by atoms with Crippen molar-refractivity contribution in [1.82, 2.24) is 5.32 Å². The normalized spacial score (nSPS) is 10.2. The van der Waals surface area contributed by atoms with E-state index in [1.165, 1.54) is 5.56 Å². The number of nitrogens with one attached hydrogen (secondary N) is 1. The van der Waals surface area contributed by atoms with E-state index in [1.54, 1.807) is 19.2 Å². The Morgan fingerprint density at radius 2 is 1.52 bits per heavy atom. The molecule has 0 aromatic heterocycles. The summed E-state index contributed by atoms with van der Waals surface area (Å²) in [5, 5.41) is 12.6. The van der Waals surface area contributed by atoms with Gasteiger partial charge in [-0.15, -0.1) is 0 Å². The lowest BCUT2D eigenvalue weighted by atomic mass is 10.0. The molecule has 3 rings (SSSR count). The average Bonchev–Trinajstić information content (AvgIpc) is 2.77. The van der Waals surface area contributed by atoms with Crippen LogP contribution in [0.1, 0.15) is 11.1 Å². The Kier molecular flexibility index (Phi) is 7.71. The Labute approximate surface area is 172 Å². The zero-order valence-electron chi connectivity index (χ0n) is 16.5. The van der Waals surface area contributed by atoms with Gasteiger partial charge in [0, 0.05) is 19.2 Å². The van der Waals surface area contributed by atoms with E-state index < -0.39 is 0 Å². The molecule has 3 aromatic carbocycles. The fourth-order valence-corrected chi connectivity index (χ4v) is 2.81. The SMILES string of the molecule is COCOc1ccc(-c2ccc(C#CCNCCc3ccc(O)cc3)cc2)cc1. The highest BCUT2D eigenvalue weighted by atomic mass is 16.7. The number of methoxy groups -OCH3 is 1. The number of rotatable bonds is 8. The molecular weight excluding hydrogens is 362 g/mol. The van der Waals surface area contributed by atoms with Gasteiger partial charge in [-0.25, -0.2) is 0 Å². The van der Waals surface area contributed by atoms with Crippen molar-refractivity contribution in [2.75, 3.05) is 27.0 Å². The zero-order chi connectivity index (χ0) is 20.3. The minimum absolute atomic E-state index is 0.248. The molecule has 4 heteroatoms. The Morgan fingerprint density at radius 3 is 2.17 bits per heavy atom. The summed E-state index contributed by atoms with van der Waals surface area (Å²) in [4.78, 5) is 0. The molecule has 0 aliphatic heterocycles. The third-order valence-corrected chi connectivity index (χ3v) is 4.39. The van der Waals surface area contributed by atoms with Crippen LogP contribution in [0.25, 0.3) is 11.1 Å². The first-order chi connectivity index (χ1) is 14.2. The highest BCUT2D eigenvalue weighted by Gasteiger charge is 1.99. The van der Waals surface area contributed by atoms with Crippen LogP contribution in [0.4, 0.5) is 0 Å². The molecule has 0 bridgehead atoms. The molecule has 0 fully saturated rings. The third-order valence-electron chi connectivity index (χ3n) is 4.39. The van der Waals surface area contributed by atoms with Gasteiger partial charge in [0.25, 0.3) is 0 Å². The summed E-state index contributed by atoms with van der Waals surface area (Å²) >= 11 is 0. The molecule has 29 heavy (non-hydrogen) atoms. The molecule has 4 nitrogen and oxygen atoms in total. The van der Waals surface area contributed by atoms with Gasteiger partial charge < -0.3 is 19.9 Å². The van der Waals surface area contributed by atoms with E-state index in [1.807, 2.05) is 48.5 Å². The van der Waals surface area contributed by atoms with Gasteiger partial charge in [-0.2, -0.15) is 0 Å². The Bertz CT molecular complexity index is 937. The van der Waals surface area contributed by atoms with Gasteiger partial charge in [-0.1, -0.05) is 48.2 Å². The Balaban J connectivity index is 1.45. The van der Waals surface area contributed by atoms with Gasteiger partial charge in [0.05, 0.1) is 6.54 Å². The minimum atomic E-state index is 0.248. The van der Waals surface area contributed by atoms with Crippen LogP contribution in [0.3, 0.4) is 0 Å². The summed E-state index contributed by atoms with van der Waals surface area (Å²) in [6.07, 6.45) is 0.909. The molecule has 0 spiro atoms. The summed E-state index contributed by atoms with van der Waals surface area (Å²) in [5.41, 5.74) is 4.46. The van der Waals surface area contributed by atoms with E-state index in [4.69, 9.17) is 9.47 Å². The molecule has 3 aromatic rings. The maximum Gasteiger partial charge on any atom is 0.188 e. The first kappa shape index (κ1) is 20.5. The van der Waals surface area contributed by atoms with Crippen molar-refractivity contribution in [3.05, 3.63) is 83.9 Å². The molecule has 0 unspecified atom stereocenters. The Morgan fingerprint density at radius 1 is 0.862 bits per heavy atom. The molecule has 0 amide bonds. The lowest BCUT2D eigenvalue weighted by Crippen LogP contribution is -2.17. The fraction of sp³-hybridized carbons (Fsp3) is 0.200. The zero-order valence-corrected chi connectivity index (χ0v) is 16.5. The van der Waals surface area contributed by atoms with Crippen LogP contribution in [0.2, 0.25) is 0 Å². The second-order valence-electron chi connectivity index (χ2n) is 6.55. The van der Waals surface area contributed by atoms with E-state index in [2.05, 4.69) is 29.3 Å². The Hall–Kier alpha value is -3.26.